The van der Waals surface area contributed by atoms with Gasteiger partial charge in [0.2, 0.25) is 0 Å². The van der Waals surface area contributed by atoms with Gasteiger partial charge < -0.3 is 20.3 Å². The molecule has 1 aliphatic carbocycles. The molecule has 0 unspecified atom stereocenters. The number of alkyl halides is 2. The van der Waals surface area contributed by atoms with E-state index >= 15 is 0 Å². The maximum atomic E-state index is 13.0. The summed E-state index contributed by atoms with van der Waals surface area (Å²) in [4.78, 5) is 0. The van der Waals surface area contributed by atoms with E-state index < -0.39 is 18.4 Å². The van der Waals surface area contributed by atoms with E-state index in [4.69, 9.17) is 5.73 Å². The molecule has 1 aromatic rings. The summed E-state index contributed by atoms with van der Waals surface area (Å²) < 4.78 is 34.8. The lowest BCUT2D eigenvalue weighted by Crippen LogP contribution is -2.29. The zero-order valence-corrected chi connectivity index (χ0v) is 10.7. The topological polar surface area (TPSA) is 64.7 Å². The molecule has 4 nitrogen and oxygen atoms in total. The monoisotopic (exact) mass is 293 g/mol. The first-order valence-corrected chi connectivity index (χ1v) is 5.80. The van der Waals surface area contributed by atoms with Crippen LogP contribution in [0.15, 0.2) is 18.2 Å². The van der Waals surface area contributed by atoms with E-state index in [2.05, 4.69) is 9.47 Å². The maximum absolute atomic E-state index is 13.0. The van der Waals surface area contributed by atoms with Crippen molar-refractivity contribution in [1.82, 2.24) is 0 Å². The van der Waals surface area contributed by atoms with Gasteiger partial charge in [0, 0.05) is 5.56 Å². The summed E-state index contributed by atoms with van der Waals surface area (Å²) in [5.74, 6) is 0.0318. The largest absolute Gasteiger partial charge is 0.586 e. The minimum Gasteiger partial charge on any atom is -0.395 e. The number of fused-ring (bicyclic) bond motifs is 1. The average Bonchev–Trinajstić information content (AvgIpc) is 3.08. The van der Waals surface area contributed by atoms with Crippen LogP contribution >= 0.6 is 12.4 Å². The van der Waals surface area contributed by atoms with Crippen molar-refractivity contribution < 1.29 is 23.4 Å². The Morgan fingerprint density at radius 1 is 1.32 bits per heavy atom. The van der Waals surface area contributed by atoms with Gasteiger partial charge in [-0.15, -0.1) is 21.2 Å². The molecule has 0 aromatic heterocycles. The molecule has 7 heteroatoms. The van der Waals surface area contributed by atoms with E-state index in [0.717, 1.165) is 12.8 Å². The quantitative estimate of drug-likeness (QED) is 0.897. The van der Waals surface area contributed by atoms with Crippen LogP contribution < -0.4 is 15.2 Å². The minimum atomic E-state index is -3.66. The summed E-state index contributed by atoms with van der Waals surface area (Å²) in [7, 11) is 0. The van der Waals surface area contributed by atoms with Gasteiger partial charge in [-0.2, -0.15) is 0 Å². The number of hydrogen-bond donors (Lipinski definition) is 2. The highest BCUT2D eigenvalue weighted by molar-refractivity contribution is 5.85. The first kappa shape index (κ1) is 14.3. The van der Waals surface area contributed by atoms with Crippen LogP contribution in [0.1, 0.15) is 24.4 Å². The predicted octanol–water partition coefficient (Wildman–Crippen LogP) is 2.20. The van der Waals surface area contributed by atoms with E-state index in [1.807, 2.05) is 0 Å². The molecule has 1 saturated carbocycles. The van der Waals surface area contributed by atoms with E-state index in [0.29, 0.717) is 5.56 Å². The SMILES string of the molecule is Cl.N[C@@H](c1cccc2c1OC(F)(F)O2)[C@H](O)C1CC1. The Labute approximate surface area is 114 Å². The van der Waals surface area contributed by atoms with E-state index in [-0.39, 0.29) is 29.8 Å². The second-order valence-corrected chi connectivity index (χ2v) is 4.70. The van der Waals surface area contributed by atoms with Gasteiger partial charge in [-0.25, -0.2) is 0 Å². The average molecular weight is 294 g/mol. The third-order valence-corrected chi connectivity index (χ3v) is 3.29. The molecular weight excluding hydrogens is 280 g/mol. The van der Waals surface area contributed by atoms with Crippen LogP contribution in [-0.4, -0.2) is 17.5 Å². The van der Waals surface area contributed by atoms with Crippen LogP contribution in [0.5, 0.6) is 11.5 Å². The lowest BCUT2D eigenvalue weighted by molar-refractivity contribution is -0.287. The van der Waals surface area contributed by atoms with Crippen molar-refractivity contribution >= 4 is 12.4 Å². The van der Waals surface area contributed by atoms with Gasteiger partial charge in [0.15, 0.2) is 11.5 Å². The maximum Gasteiger partial charge on any atom is 0.586 e. The Hall–Kier alpha value is -1.11. The zero-order valence-electron chi connectivity index (χ0n) is 9.88. The van der Waals surface area contributed by atoms with Crippen molar-refractivity contribution in [3.05, 3.63) is 23.8 Å². The summed E-state index contributed by atoms with van der Waals surface area (Å²) in [6.07, 6.45) is -2.58. The Kier molecular flexibility index (Phi) is 3.59. The van der Waals surface area contributed by atoms with Crippen molar-refractivity contribution in [2.45, 2.75) is 31.3 Å². The Morgan fingerprint density at radius 2 is 2.00 bits per heavy atom. The van der Waals surface area contributed by atoms with Crippen molar-refractivity contribution in [1.29, 1.82) is 0 Å². The molecule has 1 fully saturated rings. The number of para-hydroxylation sites is 1. The van der Waals surface area contributed by atoms with Crippen LogP contribution in [0.3, 0.4) is 0 Å². The molecule has 106 valence electrons. The third kappa shape index (κ3) is 2.61. The highest BCUT2D eigenvalue weighted by atomic mass is 35.5. The first-order chi connectivity index (χ1) is 8.48. The van der Waals surface area contributed by atoms with Crippen molar-refractivity contribution in [3.63, 3.8) is 0 Å². The van der Waals surface area contributed by atoms with Crippen LogP contribution in [0.4, 0.5) is 8.78 Å². The summed E-state index contributed by atoms with van der Waals surface area (Å²) in [6, 6.07) is 3.76. The van der Waals surface area contributed by atoms with Crippen molar-refractivity contribution in [2.24, 2.45) is 11.7 Å². The number of aliphatic hydroxyl groups excluding tert-OH is 1. The number of rotatable bonds is 3. The van der Waals surface area contributed by atoms with Gasteiger partial charge in [0.25, 0.3) is 0 Å². The summed E-state index contributed by atoms with van der Waals surface area (Å²) in [6.45, 7) is 0. The lowest BCUT2D eigenvalue weighted by atomic mass is 9.98. The number of nitrogens with two attached hydrogens (primary N) is 1. The van der Waals surface area contributed by atoms with Gasteiger partial charge in [-0.05, 0) is 24.8 Å². The molecule has 1 aliphatic heterocycles. The number of halogens is 3. The molecule has 1 aromatic carbocycles. The highest BCUT2D eigenvalue weighted by Crippen LogP contribution is 2.47. The number of aliphatic hydroxyl groups is 1. The lowest BCUT2D eigenvalue weighted by Gasteiger charge is -2.19. The number of ether oxygens (including phenoxy) is 2. The second-order valence-electron chi connectivity index (χ2n) is 4.70. The Morgan fingerprint density at radius 3 is 2.63 bits per heavy atom. The standard InChI is InChI=1S/C12H13F2NO3.ClH/c13-12(14)17-8-3-1-2-7(11(8)18-12)9(15)10(16)6-4-5-6;/h1-3,6,9-10,16H,4-5,15H2;1H/t9-,10+;/m0./s1. The molecule has 3 N–H and O–H groups in total. The second kappa shape index (κ2) is 4.77. The normalized spacial score (nSPS) is 22.5. The van der Waals surface area contributed by atoms with Gasteiger partial charge >= 0.3 is 6.29 Å². The molecule has 0 radical (unpaired) electrons. The molecule has 19 heavy (non-hydrogen) atoms. The first-order valence-electron chi connectivity index (χ1n) is 5.80. The van der Waals surface area contributed by atoms with E-state index in [1.54, 1.807) is 12.1 Å². The highest BCUT2D eigenvalue weighted by Gasteiger charge is 2.46. The van der Waals surface area contributed by atoms with Crippen LogP contribution in [-0.2, 0) is 0 Å². The van der Waals surface area contributed by atoms with E-state index in [9.17, 15) is 13.9 Å². The smallest absolute Gasteiger partial charge is 0.395 e. The summed E-state index contributed by atoms with van der Waals surface area (Å²) >= 11 is 0. The fourth-order valence-corrected chi connectivity index (χ4v) is 2.17. The van der Waals surface area contributed by atoms with Crippen molar-refractivity contribution in [2.75, 3.05) is 0 Å². The molecule has 0 spiro atoms. The molecular formula is C12H14ClF2NO3. The fraction of sp³-hybridized carbons (Fsp3) is 0.500. The summed E-state index contributed by atoms with van der Waals surface area (Å²) in [5.41, 5.74) is 6.26. The van der Waals surface area contributed by atoms with Gasteiger partial charge in [0.05, 0.1) is 12.1 Å². The molecule has 0 amide bonds. The molecule has 2 atom stereocenters. The number of hydrogen-bond acceptors (Lipinski definition) is 4. The molecule has 2 aliphatic rings. The predicted molar refractivity (Wildman–Crippen MR) is 65.6 cm³/mol. The van der Waals surface area contributed by atoms with Crippen LogP contribution in [0.25, 0.3) is 0 Å². The van der Waals surface area contributed by atoms with E-state index in [1.165, 1.54) is 6.07 Å². The molecule has 0 bridgehead atoms. The van der Waals surface area contributed by atoms with Crippen molar-refractivity contribution in [3.8, 4) is 11.5 Å². The Balaban J connectivity index is 0.00000133. The third-order valence-electron chi connectivity index (χ3n) is 3.29. The van der Waals surface area contributed by atoms with Gasteiger partial charge in [0.1, 0.15) is 0 Å². The Bertz CT molecular complexity index is 482. The van der Waals surface area contributed by atoms with Gasteiger partial charge in [-0.1, -0.05) is 12.1 Å². The molecule has 1 heterocycles. The van der Waals surface area contributed by atoms with Crippen LogP contribution in [0, 0.1) is 5.92 Å². The minimum absolute atomic E-state index is 0. The van der Waals surface area contributed by atoms with Gasteiger partial charge in [-0.3, -0.25) is 0 Å². The fourth-order valence-electron chi connectivity index (χ4n) is 2.17. The molecule has 0 saturated heterocycles. The summed E-state index contributed by atoms with van der Waals surface area (Å²) in [5, 5.41) is 9.96. The van der Waals surface area contributed by atoms with Crippen LogP contribution in [0.2, 0.25) is 0 Å². The zero-order chi connectivity index (χ0) is 12.9. The molecule has 3 rings (SSSR count). The number of benzene rings is 1.